The standard InChI is InChI=1S/C19H18FN3O3S/c20-18-9-5-4-8-15(18)12-27(24,25)23-10-16(14-6-2-1-3-7-14)17(11-23)19-21-13-26-22-19/h1-9,13,16-17H,10-12H2/t16-,17+/m0/s1. The van der Waals surface area contributed by atoms with Crippen LogP contribution in [-0.4, -0.2) is 36.0 Å². The first kappa shape index (κ1) is 17.8. The van der Waals surface area contributed by atoms with Crippen molar-refractivity contribution in [1.82, 2.24) is 14.4 Å². The van der Waals surface area contributed by atoms with Crippen LogP contribution in [0.1, 0.15) is 28.8 Å². The van der Waals surface area contributed by atoms with E-state index in [1.165, 1.54) is 22.8 Å². The number of hydrogen-bond acceptors (Lipinski definition) is 5. The summed E-state index contributed by atoms with van der Waals surface area (Å²) < 4.78 is 46.1. The van der Waals surface area contributed by atoms with Crippen molar-refractivity contribution >= 4 is 10.0 Å². The zero-order valence-corrected chi connectivity index (χ0v) is 15.2. The Morgan fingerprint density at radius 2 is 1.74 bits per heavy atom. The van der Waals surface area contributed by atoms with Gasteiger partial charge >= 0.3 is 0 Å². The van der Waals surface area contributed by atoms with E-state index in [-0.39, 0.29) is 29.7 Å². The Hall–Kier alpha value is -2.58. The molecule has 140 valence electrons. The summed E-state index contributed by atoms with van der Waals surface area (Å²) in [5.41, 5.74) is 1.17. The van der Waals surface area contributed by atoms with Crippen molar-refractivity contribution in [2.45, 2.75) is 17.6 Å². The summed E-state index contributed by atoms with van der Waals surface area (Å²) in [6.45, 7) is 0.524. The molecule has 1 fully saturated rings. The SMILES string of the molecule is O=S(=O)(Cc1ccccc1F)N1C[C@@H](c2ccccc2)[C@H](c2ncon2)C1. The molecular weight excluding hydrogens is 369 g/mol. The maximum Gasteiger partial charge on any atom is 0.218 e. The molecule has 0 radical (unpaired) electrons. The Labute approximate surface area is 156 Å². The molecule has 1 aliphatic heterocycles. The number of sulfonamides is 1. The van der Waals surface area contributed by atoms with Crippen LogP contribution in [0.5, 0.6) is 0 Å². The molecule has 6 nitrogen and oxygen atoms in total. The number of nitrogens with zero attached hydrogens (tertiary/aromatic N) is 3. The Morgan fingerprint density at radius 1 is 1.04 bits per heavy atom. The van der Waals surface area contributed by atoms with E-state index in [4.69, 9.17) is 4.52 Å². The number of benzene rings is 2. The molecule has 0 bridgehead atoms. The highest BCUT2D eigenvalue weighted by Gasteiger charge is 2.42. The van der Waals surface area contributed by atoms with Gasteiger partial charge in [-0.1, -0.05) is 53.7 Å². The molecule has 0 spiro atoms. The minimum atomic E-state index is -3.69. The third kappa shape index (κ3) is 3.63. The van der Waals surface area contributed by atoms with Gasteiger partial charge in [0.1, 0.15) is 5.82 Å². The predicted molar refractivity (Wildman–Crippen MR) is 96.8 cm³/mol. The van der Waals surface area contributed by atoms with Gasteiger partial charge in [0.2, 0.25) is 16.4 Å². The Bertz CT molecular complexity index is 1010. The Balaban J connectivity index is 1.63. The summed E-state index contributed by atoms with van der Waals surface area (Å²) in [4.78, 5) is 4.13. The number of rotatable bonds is 5. The van der Waals surface area contributed by atoms with Crippen molar-refractivity contribution in [3.8, 4) is 0 Å². The zero-order chi connectivity index (χ0) is 18.9. The van der Waals surface area contributed by atoms with Gasteiger partial charge in [0.05, 0.1) is 5.75 Å². The van der Waals surface area contributed by atoms with Gasteiger partial charge in [-0.3, -0.25) is 0 Å². The van der Waals surface area contributed by atoms with E-state index in [0.29, 0.717) is 12.4 Å². The monoisotopic (exact) mass is 387 g/mol. The third-order valence-corrected chi connectivity index (χ3v) is 6.67. The molecule has 0 aliphatic carbocycles. The van der Waals surface area contributed by atoms with Crippen LogP contribution in [0.4, 0.5) is 4.39 Å². The second kappa shape index (κ2) is 7.21. The van der Waals surface area contributed by atoms with Crippen LogP contribution in [0.2, 0.25) is 0 Å². The van der Waals surface area contributed by atoms with Crippen molar-refractivity contribution in [2.24, 2.45) is 0 Å². The first-order valence-corrected chi connectivity index (χ1v) is 10.2. The predicted octanol–water partition coefficient (Wildman–Crippen LogP) is 2.92. The quantitative estimate of drug-likeness (QED) is 0.673. The fraction of sp³-hybridized carbons (Fsp3) is 0.263. The molecular formula is C19H18FN3O3S. The topological polar surface area (TPSA) is 76.3 Å². The molecule has 27 heavy (non-hydrogen) atoms. The summed E-state index contributed by atoms with van der Waals surface area (Å²) >= 11 is 0. The molecule has 0 unspecified atom stereocenters. The van der Waals surface area contributed by atoms with Crippen molar-refractivity contribution in [1.29, 1.82) is 0 Å². The summed E-state index contributed by atoms with van der Waals surface area (Å²) in [7, 11) is -3.69. The lowest BCUT2D eigenvalue weighted by Gasteiger charge is -2.17. The summed E-state index contributed by atoms with van der Waals surface area (Å²) in [5.74, 6) is -0.733. The van der Waals surface area contributed by atoms with Gasteiger partial charge in [0.15, 0.2) is 5.82 Å². The zero-order valence-electron chi connectivity index (χ0n) is 14.4. The fourth-order valence-corrected chi connectivity index (χ4v) is 5.13. The minimum absolute atomic E-state index is 0.0980. The largest absolute Gasteiger partial charge is 0.343 e. The van der Waals surface area contributed by atoms with E-state index in [1.807, 2.05) is 30.3 Å². The molecule has 2 heterocycles. The van der Waals surface area contributed by atoms with Gasteiger partial charge in [0, 0.05) is 30.5 Å². The lowest BCUT2D eigenvalue weighted by Crippen LogP contribution is -2.30. The van der Waals surface area contributed by atoms with Crippen LogP contribution >= 0.6 is 0 Å². The van der Waals surface area contributed by atoms with E-state index >= 15 is 0 Å². The highest BCUT2D eigenvalue weighted by Crippen LogP contribution is 2.39. The maximum absolute atomic E-state index is 13.9. The molecule has 3 aromatic rings. The molecule has 0 amide bonds. The van der Waals surface area contributed by atoms with Gasteiger partial charge in [-0.25, -0.2) is 17.1 Å². The van der Waals surface area contributed by atoms with Crippen LogP contribution in [0.25, 0.3) is 0 Å². The molecule has 1 aromatic heterocycles. The molecule has 4 rings (SSSR count). The summed E-state index contributed by atoms with van der Waals surface area (Å²) in [6, 6.07) is 15.6. The average Bonchev–Trinajstić information content (AvgIpc) is 3.34. The van der Waals surface area contributed by atoms with E-state index in [1.54, 1.807) is 12.1 Å². The van der Waals surface area contributed by atoms with Gasteiger partial charge < -0.3 is 4.52 Å². The Kier molecular flexibility index (Phi) is 4.75. The van der Waals surface area contributed by atoms with E-state index < -0.39 is 15.8 Å². The van der Waals surface area contributed by atoms with Crippen LogP contribution in [0, 0.1) is 5.82 Å². The average molecular weight is 387 g/mol. The first-order valence-electron chi connectivity index (χ1n) is 8.57. The van der Waals surface area contributed by atoms with E-state index in [9.17, 15) is 12.8 Å². The Morgan fingerprint density at radius 3 is 2.44 bits per heavy atom. The smallest absolute Gasteiger partial charge is 0.218 e. The van der Waals surface area contributed by atoms with E-state index in [2.05, 4.69) is 10.1 Å². The minimum Gasteiger partial charge on any atom is -0.343 e. The van der Waals surface area contributed by atoms with Gasteiger partial charge in [-0.05, 0) is 11.6 Å². The fourth-order valence-electron chi connectivity index (χ4n) is 3.54. The summed E-state index contributed by atoms with van der Waals surface area (Å²) in [5, 5.41) is 3.92. The van der Waals surface area contributed by atoms with Gasteiger partial charge in [-0.15, -0.1) is 0 Å². The summed E-state index contributed by atoms with van der Waals surface area (Å²) in [6.07, 6.45) is 1.24. The number of aromatic nitrogens is 2. The van der Waals surface area contributed by atoms with E-state index in [0.717, 1.165) is 5.56 Å². The van der Waals surface area contributed by atoms with Gasteiger partial charge in [-0.2, -0.15) is 4.98 Å². The second-order valence-corrected chi connectivity index (χ2v) is 8.55. The van der Waals surface area contributed by atoms with Crippen LogP contribution in [0.15, 0.2) is 65.5 Å². The number of hydrogen-bond donors (Lipinski definition) is 0. The van der Waals surface area contributed by atoms with Gasteiger partial charge in [0.25, 0.3) is 0 Å². The molecule has 1 aliphatic rings. The molecule has 8 heteroatoms. The maximum atomic E-state index is 13.9. The lowest BCUT2D eigenvalue weighted by atomic mass is 9.88. The first-order chi connectivity index (χ1) is 13.0. The van der Waals surface area contributed by atoms with Crippen LogP contribution in [-0.2, 0) is 15.8 Å². The van der Waals surface area contributed by atoms with Crippen LogP contribution < -0.4 is 0 Å². The lowest BCUT2D eigenvalue weighted by molar-refractivity contribution is 0.401. The van der Waals surface area contributed by atoms with Crippen LogP contribution in [0.3, 0.4) is 0 Å². The van der Waals surface area contributed by atoms with Crippen molar-refractivity contribution in [2.75, 3.05) is 13.1 Å². The number of halogens is 1. The second-order valence-electron chi connectivity index (χ2n) is 6.58. The highest BCUT2D eigenvalue weighted by atomic mass is 32.2. The van der Waals surface area contributed by atoms with Crippen molar-refractivity contribution in [3.63, 3.8) is 0 Å². The normalized spacial score (nSPS) is 20.8. The molecule has 2 atom stereocenters. The highest BCUT2D eigenvalue weighted by molar-refractivity contribution is 7.88. The third-order valence-electron chi connectivity index (χ3n) is 4.91. The molecule has 2 aromatic carbocycles. The molecule has 0 N–H and O–H groups in total. The van der Waals surface area contributed by atoms with Crippen molar-refractivity contribution < 1.29 is 17.3 Å². The van der Waals surface area contributed by atoms with Crippen molar-refractivity contribution in [3.05, 3.63) is 83.8 Å². The molecule has 0 saturated carbocycles. The molecule has 1 saturated heterocycles.